The molecule has 106 valence electrons. The molecular formula is C17H13ClO2S. The third-order valence-corrected chi connectivity index (χ3v) is 4.63. The van der Waals surface area contributed by atoms with Crippen molar-refractivity contribution >= 4 is 39.0 Å². The lowest BCUT2D eigenvalue weighted by molar-refractivity contribution is 0.0527. The minimum absolute atomic E-state index is 0.340. The van der Waals surface area contributed by atoms with E-state index in [1.54, 1.807) is 36.5 Å². The van der Waals surface area contributed by atoms with Gasteiger partial charge in [-0.05, 0) is 36.6 Å². The van der Waals surface area contributed by atoms with Crippen molar-refractivity contribution in [3.8, 4) is 10.4 Å². The van der Waals surface area contributed by atoms with E-state index in [2.05, 4.69) is 18.2 Å². The molecule has 0 radical (unpaired) electrons. The molecule has 0 amide bonds. The maximum atomic E-state index is 12.1. The van der Waals surface area contributed by atoms with E-state index in [0.29, 0.717) is 17.2 Å². The van der Waals surface area contributed by atoms with Crippen LogP contribution in [-0.2, 0) is 4.74 Å². The predicted octanol–water partition coefficient (Wildman–Crippen LogP) is 5.40. The largest absolute Gasteiger partial charge is 0.462 e. The molecule has 3 rings (SSSR count). The van der Waals surface area contributed by atoms with Crippen molar-refractivity contribution in [2.45, 2.75) is 6.92 Å². The van der Waals surface area contributed by atoms with Crippen LogP contribution >= 0.6 is 22.9 Å². The van der Waals surface area contributed by atoms with Crippen molar-refractivity contribution in [3.63, 3.8) is 0 Å². The highest BCUT2D eigenvalue weighted by atomic mass is 35.5. The number of benzene rings is 2. The molecule has 2 aromatic carbocycles. The highest BCUT2D eigenvalue weighted by Crippen LogP contribution is 2.39. The van der Waals surface area contributed by atoms with E-state index in [-0.39, 0.29) is 5.97 Å². The predicted molar refractivity (Wildman–Crippen MR) is 88.2 cm³/mol. The third-order valence-electron chi connectivity index (χ3n) is 3.18. The number of halogens is 1. The van der Waals surface area contributed by atoms with Crippen LogP contribution in [0.3, 0.4) is 0 Å². The molecule has 1 heterocycles. The van der Waals surface area contributed by atoms with Gasteiger partial charge in [-0.2, -0.15) is 0 Å². The lowest BCUT2D eigenvalue weighted by atomic mass is 10.1. The Morgan fingerprint density at radius 3 is 2.76 bits per heavy atom. The zero-order chi connectivity index (χ0) is 14.8. The van der Waals surface area contributed by atoms with E-state index < -0.39 is 0 Å². The summed E-state index contributed by atoms with van der Waals surface area (Å²) in [7, 11) is 0. The summed E-state index contributed by atoms with van der Waals surface area (Å²) in [6, 6.07) is 15.5. The first-order valence-corrected chi connectivity index (χ1v) is 7.84. The molecule has 0 saturated heterocycles. The Balaban J connectivity index is 2.18. The van der Waals surface area contributed by atoms with Crippen molar-refractivity contribution < 1.29 is 9.53 Å². The maximum absolute atomic E-state index is 12.1. The van der Waals surface area contributed by atoms with Gasteiger partial charge in [-0.3, -0.25) is 0 Å². The van der Waals surface area contributed by atoms with Crippen molar-refractivity contribution in [1.29, 1.82) is 0 Å². The van der Waals surface area contributed by atoms with Crippen molar-refractivity contribution in [2.75, 3.05) is 6.61 Å². The maximum Gasteiger partial charge on any atom is 0.338 e. The molecule has 0 unspecified atom stereocenters. The van der Waals surface area contributed by atoms with Gasteiger partial charge in [0.1, 0.15) is 0 Å². The lowest BCUT2D eigenvalue weighted by Crippen LogP contribution is -2.06. The van der Waals surface area contributed by atoms with Gasteiger partial charge in [0.15, 0.2) is 0 Å². The minimum atomic E-state index is -0.340. The monoisotopic (exact) mass is 316 g/mol. The number of carbonyl (C=O) groups excluding carboxylic acids is 1. The number of thiophene rings is 1. The molecule has 0 aliphatic rings. The van der Waals surface area contributed by atoms with Gasteiger partial charge in [0.25, 0.3) is 0 Å². The molecule has 2 nitrogen and oxygen atoms in total. The van der Waals surface area contributed by atoms with Crippen LogP contribution in [-0.4, -0.2) is 12.6 Å². The van der Waals surface area contributed by atoms with Gasteiger partial charge in [0, 0.05) is 15.1 Å². The molecule has 0 aliphatic heterocycles. The van der Waals surface area contributed by atoms with Gasteiger partial charge in [0.05, 0.1) is 17.2 Å². The topological polar surface area (TPSA) is 26.3 Å². The quantitative estimate of drug-likeness (QED) is 0.605. The summed E-state index contributed by atoms with van der Waals surface area (Å²) in [6.45, 7) is 2.14. The van der Waals surface area contributed by atoms with Crippen LogP contribution in [0.4, 0.5) is 0 Å². The zero-order valence-electron chi connectivity index (χ0n) is 11.4. The number of fused-ring (bicyclic) bond motifs is 1. The number of ether oxygens (including phenoxy) is 1. The Morgan fingerprint density at radius 1 is 1.19 bits per heavy atom. The van der Waals surface area contributed by atoms with Crippen LogP contribution in [0.5, 0.6) is 0 Å². The summed E-state index contributed by atoms with van der Waals surface area (Å²) in [5.74, 6) is -0.340. The summed E-state index contributed by atoms with van der Waals surface area (Å²) in [5, 5.41) is 1.71. The van der Waals surface area contributed by atoms with Gasteiger partial charge in [-0.15, -0.1) is 11.3 Å². The van der Waals surface area contributed by atoms with Gasteiger partial charge >= 0.3 is 5.97 Å². The van der Waals surface area contributed by atoms with Gasteiger partial charge in [0.2, 0.25) is 0 Å². The number of carbonyl (C=O) groups is 1. The number of hydrogen-bond donors (Lipinski definition) is 0. The summed E-state index contributed by atoms with van der Waals surface area (Å²) in [5.41, 5.74) is 1.26. The first-order chi connectivity index (χ1) is 10.2. The molecular weight excluding hydrogens is 304 g/mol. The van der Waals surface area contributed by atoms with E-state index in [4.69, 9.17) is 16.3 Å². The van der Waals surface area contributed by atoms with Crippen molar-refractivity contribution in [2.24, 2.45) is 0 Å². The minimum Gasteiger partial charge on any atom is -0.462 e. The highest BCUT2D eigenvalue weighted by Gasteiger charge is 2.18. The molecule has 0 spiro atoms. The van der Waals surface area contributed by atoms with Gasteiger partial charge < -0.3 is 4.74 Å². The fourth-order valence-electron chi connectivity index (χ4n) is 2.26. The zero-order valence-corrected chi connectivity index (χ0v) is 13.0. The summed E-state index contributed by atoms with van der Waals surface area (Å²) >= 11 is 7.96. The average molecular weight is 317 g/mol. The number of rotatable bonds is 3. The van der Waals surface area contributed by atoms with Crippen LogP contribution in [0.1, 0.15) is 17.3 Å². The first kappa shape index (κ1) is 14.1. The second-order valence-corrected chi connectivity index (χ2v) is 6.02. The lowest BCUT2D eigenvalue weighted by Gasteiger charge is -2.09. The number of esters is 1. The Labute approximate surface area is 131 Å². The van der Waals surface area contributed by atoms with E-state index in [1.165, 1.54) is 4.70 Å². The summed E-state index contributed by atoms with van der Waals surface area (Å²) in [6.07, 6.45) is 0. The first-order valence-electron chi connectivity index (χ1n) is 6.65. The van der Waals surface area contributed by atoms with E-state index in [9.17, 15) is 4.79 Å². The second-order valence-electron chi connectivity index (χ2n) is 4.53. The SMILES string of the molecule is CCOC(=O)c1cccc(Cl)c1-c1cc2ccccc2s1. The third kappa shape index (κ3) is 2.67. The van der Waals surface area contributed by atoms with Crippen molar-refractivity contribution in [3.05, 3.63) is 59.1 Å². The van der Waals surface area contributed by atoms with Gasteiger partial charge in [-0.1, -0.05) is 35.9 Å². The normalized spacial score (nSPS) is 10.8. The molecule has 0 aliphatic carbocycles. The molecule has 0 atom stereocenters. The van der Waals surface area contributed by atoms with E-state index in [1.807, 2.05) is 12.1 Å². The molecule has 4 heteroatoms. The van der Waals surface area contributed by atoms with Crippen LogP contribution in [0.15, 0.2) is 48.5 Å². The molecule has 1 aromatic heterocycles. The second kappa shape index (κ2) is 5.88. The molecule has 0 saturated carbocycles. The van der Waals surface area contributed by atoms with Crippen LogP contribution in [0, 0.1) is 0 Å². The highest BCUT2D eigenvalue weighted by molar-refractivity contribution is 7.22. The summed E-state index contributed by atoms with van der Waals surface area (Å²) in [4.78, 5) is 13.1. The molecule has 0 N–H and O–H groups in total. The van der Waals surface area contributed by atoms with Crippen LogP contribution < -0.4 is 0 Å². The Kier molecular flexibility index (Phi) is 3.95. The Morgan fingerprint density at radius 2 is 2.00 bits per heavy atom. The van der Waals surface area contributed by atoms with Crippen molar-refractivity contribution in [1.82, 2.24) is 0 Å². The van der Waals surface area contributed by atoms with Crippen LogP contribution in [0.25, 0.3) is 20.5 Å². The molecule has 21 heavy (non-hydrogen) atoms. The van der Waals surface area contributed by atoms with E-state index >= 15 is 0 Å². The molecule has 3 aromatic rings. The Hall–Kier alpha value is -1.84. The molecule has 0 bridgehead atoms. The van der Waals surface area contributed by atoms with Gasteiger partial charge in [-0.25, -0.2) is 4.79 Å². The number of hydrogen-bond acceptors (Lipinski definition) is 3. The standard InChI is InChI=1S/C17H13ClO2S/c1-2-20-17(19)12-7-5-8-13(18)16(12)15-10-11-6-3-4-9-14(11)21-15/h3-10H,2H2,1H3. The fourth-order valence-corrected chi connectivity index (χ4v) is 3.73. The fraction of sp³-hybridized carbons (Fsp3) is 0.118. The summed E-state index contributed by atoms with van der Waals surface area (Å²) < 4.78 is 6.29. The Bertz CT molecular complexity index is 774. The smallest absolute Gasteiger partial charge is 0.338 e. The van der Waals surface area contributed by atoms with E-state index in [0.717, 1.165) is 15.8 Å². The average Bonchev–Trinajstić information content (AvgIpc) is 2.90. The van der Waals surface area contributed by atoms with Crippen LogP contribution in [0.2, 0.25) is 5.02 Å². The molecule has 0 fully saturated rings.